The van der Waals surface area contributed by atoms with Crippen molar-refractivity contribution < 1.29 is 0 Å². The molecular formula is C39H25N3S. The summed E-state index contributed by atoms with van der Waals surface area (Å²) in [6.07, 6.45) is 0. The van der Waals surface area contributed by atoms with Crippen LogP contribution in [-0.2, 0) is 0 Å². The Bertz CT molecular complexity index is 2220. The van der Waals surface area contributed by atoms with Crippen LogP contribution in [0.1, 0.15) is 0 Å². The molecule has 0 saturated carbocycles. The monoisotopic (exact) mass is 567 g/mol. The first-order valence-corrected chi connectivity index (χ1v) is 15.1. The lowest BCUT2D eigenvalue weighted by Crippen LogP contribution is -2.00. The summed E-state index contributed by atoms with van der Waals surface area (Å²) in [5.74, 6) is 1.96. The highest BCUT2D eigenvalue weighted by Gasteiger charge is 2.15. The highest BCUT2D eigenvalue weighted by molar-refractivity contribution is 7.26. The lowest BCUT2D eigenvalue weighted by molar-refractivity contribution is 1.07. The van der Waals surface area contributed by atoms with E-state index in [2.05, 4.69) is 115 Å². The molecule has 0 bridgehead atoms. The van der Waals surface area contributed by atoms with Crippen molar-refractivity contribution in [2.24, 2.45) is 0 Å². The summed E-state index contributed by atoms with van der Waals surface area (Å²) in [5, 5.41) is 2.59. The van der Waals surface area contributed by atoms with Gasteiger partial charge in [0.2, 0.25) is 0 Å². The van der Waals surface area contributed by atoms with Crippen molar-refractivity contribution in [2.45, 2.75) is 0 Å². The minimum absolute atomic E-state index is 0.653. The van der Waals surface area contributed by atoms with Gasteiger partial charge in [0.1, 0.15) is 0 Å². The molecule has 2 heterocycles. The van der Waals surface area contributed by atoms with E-state index in [0.717, 1.165) is 27.8 Å². The maximum atomic E-state index is 5.01. The zero-order valence-corrected chi connectivity index (χ0v) is 24.0. The molecule has 0 spiro atoms. The Labute approximate surface area is 253 Å². The molecule has 0 saturated heterocycles. The van der Waals surface area contributed by atoms with Crippen LogP contribution in [0.25, 0.3) is 76.6 Å². The molecular weight excluding hydrogens is 543 g/mol. The molecule has 2 aromatic heterocycles. The molecule has 0 N–H and O–H groups in total. The van der Waals surface area contributed by atoms with Gasteiger partial charge in [-0.25, -0.2) is 15.0 Å². The van der Waals surface area contributed by atoms with Gasteiger partial charge in [-0.3, -0.25) is 0 Å². The van der Waals surface area contributed by atoms with Gasteiger partial charge >= 0.3 is 0 Å². The molecule has 6 aromatic carbocycles. The molecule has 0 amide bonds. The second-order valence-electron chi connectivity index (χ2n) is 10.5. The normalized spacial score (nSPS) is 11.3. The van der Waals surface area contributed by atoms with E-state index in [9.17, 15) is 0 Å². The van der Waals surface area contributed by atoms with Gasteiger partial charge in [0.25, 0.3) is 0 Å². The zero-order chi connectivity index (χ0) is 28.6. The molecule has 0 radical (unpaired) electrons. The van der Waals surface area contributed by atoms with E-state index >= 15 is 0 Å². The fourth-order valence-electron chi connectivity index (χ4n) is 5.59. The van der Waals surface area contributed by atoms with Gasteiger partial charge in [0, 0.05) is 36.9 Å². The van der Waals surface area contributed by atoms with Crippen LogP contribution in [-0.4, -0.2) is 15.0 Å². The number of thiophene rings is 1. The Kier molecular flexibility index (Phi) is 6.32. The molecule has 4 heteroatoms. The smallest absolute Gasteiger partial charge is 0.164 e. The molecule has 0 aliphatic heterocycles. The predicted octanol–water partition coefficient (Wildman–Crippen LogP) is 10.6. The first kappa shape index (κ1) is 25.3. The van der Waals surface area contributed by atoms with Crippen LogP contribution < -0.4 is 0 Å². The quantitative estimate of drug-likeness (QED) is 0.208. The zero-order valence-electron chi connectivity index (χ0n) is 23.2. The molecule has 43 heavy (non-hydrogen) atoms. The largest absolute Gasteiger partial charge is 0.208 e. The summed E-state index contributed by atoms with van der Waals surface area (Å²) < 4.78 is 2.59. The van der Waals surface area contributed by atoms with Crippen LogP contribution in [0, 0.1) is 0 Å². The fraction of sp³-hybridized carbons (Fsp3) is 0. The van der Waals surface area contributed by atoms with E-state index in [0.29, 0.717) is 17.5 Å². The molecule has 8 rings (SSSR count). The summed E-state index contributed by atoms with van der Waals surface area (Å²) in [6, 6.07) is 52.7. The average molecular weight is 568 g/mol. The van der Waals surface area contributed by atoms with Gasteiger partial charge in [0.15, 0.2) is 17.5 Å². The highest BCUT2D eigenvalue weighted by atomic mass is 32.1. The number of fused-ring (bicyclic) bond motifs is 3. The summed E-state index contributed by atoms with van der Waals surface area (Å²) >= 11 is 1.84. The maximum Gasteiger partial charge on any atom is 0.164 e. The Hall–Kier alpha value is -5.45. The number of hydrogen-bond acceptors (Lipinski definition) is 4. The molecule has 202 valence electrons. The van der Waals surface area contributed by atoms with E-state index in [1.807, 2.05) is 47.7 Å². The van der Waals surface area contributed by atoms with Gasteiger partial charge in [-0.2, -0.15) is 0 Å². The third kappa shape index (κ3) is 4.78. The summed E-state index contributed by atoms with van der Waals surface area (Å²) in [5.41, 5.74) is 7.56. The molecule has 0 aliphatic carbocycles. The van der Waals surface area contributed by atoms with Gasteiger partial charge in [-0.05, 0) is 34.4 Å². The van der Waals surface area contributed by atoms with Gasteiger partial charge in [-0.15, -0.1) is 11.3 Å². The standard InChI is InChI=1S/C39H25N3S/c1-3-11-26(12-4-1)27-21-23-29(24-22-27)38-40-37(28-13-5-2-6-14-28)41-39(42-38)31-16-9-15-30(25-31)32-18-10-19-34-33-17-7-8-20-35(33)43-36(32)34/h1-25H. The van der Waals surface area contributed by atoms with Crippen LogP contribution in [0.3, 0.4) is 0 Å². The van der Waals surface area contributed by atoms with E-state index in [1.54, 1.807) is 0 Å². The minimum atomic E-state index is 0.653. The van der Waals surface area contributed by atoms with Crippen molar-refractivity contribution in [2.75, 3.05) is 0 Å². The Morgan fingerprint density at radius 3 is 1.58 bits per heavy atom. The van der Waals surface area contributed by atoms with E-state index in [-0.39, 0.29) is 0 Å². The summed E-state index contributed by atoms with van der Waals surface area (Å²) in [7, 11) is 0. The van der Waals surface area contributed by atoms with E-state index < -0.39 is 0 Å². The summed E-state index contributed by atoms with van der Waals surface area (Å²) in [4.78, 5) is 14.9. The van der Waals surface area contributed by atoms with Crippen LogP contribution in [0.4, 0.5) is 0 Å². The molecule has 0 unspecified atom stereocenters. The van der Waals surface area contributed by atoms with Gasteiger partial charge < -0.3 is 0 Å². The van der Waals surface area contributed by atoms with Crippen LogP contribution >= 0.6 is 11.3 Å². The number of nitrogens with zero attached hydrogens (tertiary/aromatic N) is 3. The van der Waals surface area contributed by atoms with Crippen LogP contribution in [0.15, 0.2) is 152 Å². The Morgan fingerprint density at radius 2 is 0.837 bits per heavy atom. The first-order chi connectivity index (χ1) is 21.3. The lowest BCUT2D eigenvalue weighted by atomic mass is 10.0. The van der Waals surface area contributed by atoms with Gasteiger partial charge in [0.05, 0.1) is 0 Å². The average Bonchev–Trinajstić information content (AvgIpc) is 3.48. The molecule has 3 nitrogen and oxygen atoms in total. The van der Waals surface area contributed by atoms with Crippen molar-refractivity contribution in [1.29, 1.82) is 0 Å². The van der Waals surface area contributed by atoms with Crippen molar-refractivity contribution in [1.82, 2.24) is 15.0 Å². The van der Waals surface area contributed by atoms with Crippen LogP contribution in [0.2, 0.25) is 0 Å². The Balaban J connectivity index is 1.25. The number of rotatable bonds is 5. The molecule has 0 atom stereocenters. The van der Waals surface area contributed by atoms with Crippen LogP contribution in [0.5, 0.6) is 0 Å². The fourth-order valence-corrected chi connectivity index (χ4v) is 6.83. The van der Waals surface area contributed by atoms with E-state index in [4.69, 9.17) is 15.0 Å². The highest BCUT2D eigenvalue weighted by Crippen LogP contribution is 2.40. The van der Waals surface area contributed by atoms with Crippen molar-refractivity contribution in [3.63, 3.8) is 0 Å². The van der Waals surface area contributed by atoms with Crippen molar-refractivity contribution >= 4 is 31.5 Å². The maximum absolute atomic E-state index is 5.01. The van der Waals surface area contributed by atoms with Crippen molar-refractivity contribution in [3.05, 3.63) is 152 Å². The number of hydrogen-bond donors (Lipinski definition) is 0. The molecule has 0 aliphatic rings. The van der Waals surface area contributed by atoms with Crippen molar-refractivity contribution in [3.8, 4) is 56.4 Å². The predicted molar refractivity (Wildman–Crippen MR) is 180 cm³/mol. The molecule has 0 fully saturated rings. The molecule has 8 aromatic rings. The Morgan fingerprint density at radius 1 is 0.349 bits per heavy atom. The number of benzene rings is 6. The summed E-state index contributed by atoms with van der Waals surface area (Å²) in [6.45, 7) is 0. The third-order valence-corrected chi connectivity index (χ3v) is 8.97. The lowest BCUT2D eigenvalue weighted by Gasteiger charge is -2.10. The van der Waals surface area contributed by atoms with Gasteiger partial charge in [-0.1, -0.05) is 140 Å². The third-order valence-electron chi connectivity index (χ3n) is 7.75. The number of aromatic nitrogens is 3. The second-order valence-corrected chi connectivity index (χ2v) is 11.5. The van der Waals surface area contributed by atoms with E-state index in [1.165, 1.54) is 31.3 Å². The SMILES string of the molecule is c1ccc(-c2ccc(-c3nc(-c4ccccc4)nc(-c4cccc(-c5cccc6c5sc5ccccc56)c4)n3)cc2)cc1. The first-order valence-electron chi connectivity index (χ1n) is 14.3. The second kappa shape index (κ2) is 10.8. The minimum Gasteiger partial charge on any atom is -0.208 e. The topological polar surface area (TPSA) is 38.7 Å².